The van der Waals surface area contributed by atoms with E-state index in [9.17, 15) is 4.79 Å². The van der Waals surface area contributed by atoms with Crippen molar-refractivity contribution in [2.45, 2.75) is 6.54 Å². The van der Waals surface area contributed by atoms with Crippen LogP contribution in [0, 0.1) is 0 Å². The largest absolute Gasteiger partial charge is 0.493 e. The van der Waals surface area contributed by atoms with E-state index in [0.29, 0.717) is 35.2 Å². The van der Waals surface area contributed by atoms with Gasteiger partial charge in [-0.05, 0) is 29.8 Å². The molecule has 0 unspecified atom stereocenters. The van der Waals surface area contributed by atoms with E-state index in [1.54, 1.807) is 50.2 Å². The molecule has 0 aliphatic carbocycles. The van der Waals surface area contributed by atoms with E-state index in [0.717, 1.165) is 5.56 Å². The van der Waals surface area contributed by atoms with Crippen LogP contribution in [0.3, 0.4) is 0 Å². The Labute approximate surface area is 155 Å². The summed E-state index contributed by atoms with van der Waals surface area (Å²) in [6, 6.07) is 6.98. The number of hydrogen-bond acceptors (Lipinski definition) is 7. The van der Waals surface area contributed by atoms with Crippen molar-refractivity contribution in [3.8, 4) is 23.1 Å². The summed E-state index contributed by atoms with van der Waals surface area (Å²) in [5.74, 6) is 1.94. The molecule has 0 radical (unpaired) electrons. The standard InChI is InChI=1S/C18H19N5O4/c1-25-14-6-12(7-15(26-2)17(14)27-3)8-20-18(24)13-4-5-16(19-9-13)23-10-21-22-11-23/h4-7,9-11H,8H2,1-3H3,(H,20,24). The summed E-state index contributed by atoms with van der Waals surface area (Å²) in [4.78, 5) is 16.6. The van der Waals surface area contributed by atoms with Crippen molar-refractivity contribution in [3.05, 3.63) is 54.2 Å². The van der Waals surface area contributed by atoms with Crippen LogP contribution in [-0.2, 0) is 6.54 Å². The zero-order valence-corrected chi connectivity index (χ0v) is 15.2. The van der Waals surface area contributed by atoms with Gasteiger partial charge in [0, 0.05) is 12.7 Å². The predicted molar refractivity (Wildman–Crippen MR) is 96.4 cm³/mol. The molecule has 0 bridgehead atoms. The number of carbonyl (C=O) groups excluding carboxylic acids is 1. The maximum atomic E-state index is 12.4. The molecule has 9 nitrogen and oxygen atoms in total. The van der Waals surface area contributed by atoms with Gasteiger partial charge in [0.15, 0.2) is 11.5 Å². The van der Waals surface area contributed by atoms with Crippen LogP contribution in [0.1, 0.15) is 15.9 Å². The first-order valence-corrected chi connectivity index (χ1v) is 8.04. The number of benzene rings is 1. The fraction of sp³-hybridized carbons (Fsp3) is 0.222. The topological polar surface area (TPSA) is 100 Å². The lowest BCUT2D eigenvalue weighted by Crippen LogP contribution is -2.23. The maximum Gasteiger partial charge on any atom is 0.253 e. The molecule has 3 rings (SSSR count). The Morgan fingerprint density at radius 3 is 2.22 bits per heavy atom. The minimum Gasteiger partial charge on any atom is -0.493 e. The van der Waals surface area contributed by atoms with Crippen LogP contribution in [0.15, 0.2) is 43.1 Å². The minimum atomic E-state index is -0.244. The van der Waals surface area contributed by atoms with Crippen molar-refractivity contribution in [2.24, 2.45) is 0 Å². The fourth-order valence-corrected chi connectivity index (χ4v) is 2.51. The van der Waals surface area contributed by atoms with E-state index in [-0.39, 0.29) is 5.91 Å². The van der Waals surface area contributed by atoms with E-state index < -0.39 is 0 Å². The highest BCUT2D eigenvalue weighted by Crippen LogP contribution is 2.38. The van der Waals surface area contributed by atoms with Crippen LogP contribution in [0.25, 0.3) is 5.82 Å². The quantitative estimate of drug-likeness (QED) is 0.675. The highest BCUT2D eigenvalue weighted by Gasteiger charge is 2.14. The first-order valence-electron chi connectivity index (χ1n) is 8.04. The molecule has 0 saturated heterocycles. The van der Waals surface area contributed by atoms with Gasteiger partial charge in [-0.3, -0.25) is 9.36 Å². The van der Waals surface area contributed by atoms with E-state index in [4.69, 9.17) is 14.2 Å². The number of hydrogen-bond donors (Lipinski definition) is 1. The third kappa shape index (κ3) is 3.97. The molecule has 0 aliphatic rings. The number of carbonyl (C=O) groups is 1. The number of nitrogens with zero attached hydrogens (tertiary/aromatic N) is 4. The second kappa shape index (κ2) is 8.17. The molecule has 1 amide bonds. The molecular weight excluding hydrogens is 350 g/mol. The summed E-state index contributed by atoms with van der Waals surface area (Å²) in [7, 11) is 4.63. The van der Waals surface area contributed by atoms with Gasteiger partial charge in [-0.1, -0.05) is 0 Å². The number of pyridine rings is 1. The van der Waals surface area contributed by atoms with Gasteiger partial charge in [0.2, 0.25) is 5.75 Å². The molecule has 1 aromatic carbocycles. The van der Waals surface area contributed by atoms with Crippen LogP contribution in [0.4, 0.5) is 0 Å². The number of methoxy groups -OCH3 is 3. The van der Waals surface area contributed by atoms with Crippen molar-refractivity contribution in [2.75, 3.05) is 21.3 Å². The first kappa shape index (κ1) is 18.2. The van der Waals surface area contributed by atoms with Gasteiger partial charge in [0.05, 0.1) is 26.9 Å². The molecule has 0 saturated carbocycles. The Balaban J connectivity index is 1.70. The molecule has 0 aliphatic heterocycles. The van der Waals surface area contributed by atoms with Crippen LogP contribution in [-0.4, -0.2) is 47.0 Å². The molecule has 3 aromatic rings. The van der Waals surface area contributed by atoms with Gasteiger partial charge in [-0.25, -0.2) is 4.98 Å². The third-order valence-corrected chi connectivity index (χ3v) is 3.87. The van der Waals surface area contributed by atoms with Gasteiger partial charge in [0.1, 0.15) is 18.5 Å². The Kier molecular flexibility index (Phi) is 5.50. The normalized spacial score (nSPS) is 10.3. The van der Waals surface area contributed by atoms with Gasteiger partial charge in [-0.15, -0.1) is 10.2 Å². The summed E-state index contributed by atoms with van der Waals surface area (Å²) in [6.45, 7) is 0.294. The molecule has 0 atom stereocenters. The first-order chi connectivity index (χ1) is 13.2. The number of amides is 1. The van der Waals surface area contributed by atoms with E-state index in [1.807, 2.05) is 0 Å². The summed E-state index contributed by atoms with van der Waals surface area (Å²) >= 11 is 0. The van der Waals surface area contributed by atoms with Gasteiger partial charge in [-0.2, -0.15) is 0 Å². The van der Waals surface area contributed by atoms with E-state index in [1.165, 1.54) is 18.9 Å². The van der Waals surface area contributed by atoms with Crippen LogP contribution in [0.2, 0.25) is 0 Å². The molecular formula is C18H19N5O4. The zero-order valence-electron chi connectivity index (χ0n) is 15.2. The zero-order chi connectivity index (χ0) is 19.2. The van der Waals surface area contributed by atoms with Gasteiger partial charge in [0.25, 0.3) is 5.91 Å². The second-order valence-electron chi connectivity index (χ2n) is 5.49. The Morgan fingerprint density at radius 1 is 1.04 bits per heavy atom. The average Bonchev–Trinajstić information content (AvgIpc) is 3.26. The number of ether oxygens (including phenoxy) is 3. The summed E-state index contributed by atoms with van der Waals surface area (Å²) < 4.78 is 17.6. The molecule has 0 spiro atoms. The predicted octanol–water partition coefficient (Wildman–Crippen LogP) is 1.62. The molecule has 27 heavy (non-hydrogen) atoms. The number of nitrogens with one attached hydrogen (secondary N) is 1. The molecule has 9 heteroatoms. The lowest BCUT2D eigenvalue weighted by Gasteiger charge is -2.14. The van der Waals surface area contributed by atoms with Crippen LogP contribution >= 0.6 is 0 Å². The van der Waals surface area contributed by atoms with Crippen molar-refractivity contribution in [1.29, 1.82) is 0 Å². The monoisotopic (exact) mass is 369 g/mol. The van der Waals surface area contributed by atoms with Crippen molar-refractivity contribution in [3.63, 3.8) is 0 Å². The Hall–Kier alpha value is -3.62. The Bertz CT molecular complexity index is 885. The molecule has 2 aromatic heterocycles. The van der Waals surface area contributed by atoms with Crippen molar-refractivity contribution >= 4 is 5.91 Å². The highest BCUT2D eigenvalue weighted by molar-refractivity contribution is 5.93. The summed E-state index contributed by atoms with van der Waals surface area (Å²) in [5.41, 5.74) is 1.26. The number of aromatic nitrogens is 4. The van der Waals surface area contributed by atoms with Gasteiger partial charge < -0.3 is 19.5 Å². The van der Waals surface area contributed by atoms with Gasteiger partial charge >= 0.3 is 0 Å². The highest BCUT2D eigenvalue weighted by atomic mass is 16.5. The molecule has 2 heterocycles. The second-order valence-corrected chi connectivity index (χ2v) is 5.49. The molecule has 0 fully saturated rings. The third-order valence-electron chi connectivity index (χ3n) is 3.87. The van der Waals surface area contributed by atoms with Crippen LogP contribution in [0.5, 0.6) is 17.2 Å². The minimum absolute atomic E-state index is 0.244. The smallest absolute Gasteiger partial charge is 0.253 e. The average molecular weight is 369 g/mol. The maximum absolute atomic E-state index is 12.4. The summed E-state index contributed by atoms with van der Waals surface area (Å²) in [6.07, 6.45) is 4.57. The van der Waals surface area contributed by atoms with Crippen LogP contribution < -0.4 is 19.5 Å². The lowest BCUT2D eigenvalue weighted by atomic mass is 10.1. The van der Waals surface area contributed by atoms with Crippen molar-refractivity contribution in [1.82, 2.24) is 25.1 Å². The van der Waals surface area contributed by atoms with Crippen molar-refractivity contribution < 1.29 is 19.0 Å². The number of rotatable bonds is 7. The van der Waals surface area contributed by atoms with E-state index in [2.05, 4.69) is 20.5 Å². The SMILES string of the molecule is COc1cc(CNC(=O)c2ccc(-n3cnnc3)nc2)cc(OC)c1OC. The Morgan fingerprint density at radius 2 is 1.70 bits per heavy atom. The lowest BCUT2D eigenvalue weighted by molar-refractivity contribution is 0.0950. The van der Waals surface area contributed by atoms with E-state index >= 15 is 0 Å². The molecule has 1 N–H and O–H groups in total. The fourth-order valence-electron chi connectivity index (χ4n) is 2.51. The summed E-state index contributed by atoms with van der Waals surface area (Å²) in [5, 5.41) is 10.3. The molecule has 140 valence electrons.